The molecule has 26 heavy (non-hydrogen) atoms. The van der Waals surface area contributed by atoms with Crippen molar-refractivity contribution in [2.75, 3.05) is 0 Å². The van der Waals surface area contributed by atoms with Crippen molar-refractivity contribution in [3.05, 3.63) is 59.5 Å². The van der Waals surface area contributed by atoms with E-state index in [0.717, 1.165) is 16.8 Å². The van der Waals surface area contributed by atoms with Gasteiger partial charge in [-0.05, 0) is 42.3 Å². The van der Waals surface area contributed by atoms with Crippen LogP contribution in [-0.2, 0) is 6.18 Å². The summed E-state index contributed by atoms with van der Waals surface area (Å²) in [5, 5.41) is 17.0. The zero-order valence-corrected chi connectivity index (χ0v) is 13.9. The molecule has 2 aromatic heterocycles. The Morgan fingerprint density at radius 2 is 1.77 bits per heavy atom. The number of halogens is 4. The van der Waals surface area contributed by atoms with Crippen LogP contribution in [0.5, 0.6) is 0 Å². The van der Waals surface area contributed by atoms with Gasteiger partial charge in [0.05, 0.1) is 22.4 Å². The highest BCUT2D eigenvalue weighted by molar-refractivity contribution is 6.11. The minimum atomic E-state index is -4.51. The van der Waals surface area contributed by atoms with E-state index in [4.69, 9.17) is 0 Å². The first kappa shape index (κ1) is 17.9. The highest BCUT2D eigenvalue weighted by atomic mass is 19.4. The van der Waals surface area contributed by atoms with E-state index < -0.39 is 17.6 Å². The van der Waals surface area contributed by atoms with E-state index in [9.17, 15) is 22.8 Å². The molecule has 0 amide bonds. The minimum Gasteiger partial charge on any atom is -0.411 e. The summed E-state index contributed by atoms with van der Waals surface area (Å²) in [6.07, 6.45) is -3.64. The molecule has 4 nitrogen and oxygen atoms in total. The number of benzene rings is 1. The summed E-state index contributed by atoms with van der Waals surface area (Å²) in [4.78, 5) is 0. The lowest BCUT2D eigenvalue weighted by Crippen LogP contribution is -2.11. The summed E-state index contributed by atoms with van der Waals surface area (Å²) in [6, 6.07) is 7.64. The van der Waals surface area contributed by atoms with Crippen LogP contribution in [0.2, 0.25) is 0 Å². The number of oxime groups is 1. The lowest BCUT2D eigenvalue weighted by Gasteiger charge is -2.10. The van der Waals surface area contributed by atoms with E-state index in [1.165, 1.54) is 30.3 Å². The number of hydrogen-bond acceptors (Lipinski definition) is 3. The van der Waals surface area contributed by atoms with E-state index in [0.29, 0.717) is 22.3 Å². The van der Waals surface area contributed by atoms with Gasteiger partial charge in [-0.2, -0.15) is 18.3 Å². The molecule has 1 N–H and O–H groups in total. The maximum absolute atomic E-state index is 13.2. The van der Waals surface area contributed by atoms with Gasteiger partial charge in [-0.3, -0.25) is 0 Å². The number of alkyl halides is 3. The molecule has 8 heteroatoms. The standard InChI is InChI=1S/C18H15F4N3O/c1-10(2)16(24-26)15-14-8-5-12(18(20,21)22)9-25(14)23-17(15)11-3-6-13(19)7-4-11/h3-10,26H,1-2H3/b24-16+. The van der Waals surface area contributed by atoms with Gasteiger partial charge in [-0.15, -0.1) is 0 Å². The molecular formula is C18H15F4N3O. The van der Waals surface area contributed by atoms with Crippen molar-refractivity contribution in [1.29, 1.82) is 0 Å². The smallest absolute Gasteiger partial charge is 0.411 e. The number of fused-ring (bicyclic) bond motifs is 1. The van der Waals surface area contributed by atoms with Crippen LogP contribution < -0.4 is 0 Å². The molecule has 0 aliphatic rings. The molecule has 0 bridgehead atoms. The second-order valence-corrected chi connectivity index (χ2v) is 6.12. The first-order valence-electron chi connectivity index (χ1n) is 7.80. The molecule has 0 aliphatic heterocycles. The minimum absolute atomic E-state index is 0.213. The van der Waals surface area contributed by atoms with E-state index in [-0.39, 0.29) is 11.6 Å². The number of rotatable bonds is 3. The molecule has 0 saturated carbocycles. The fourth-order valence-corrected chi connectivity index (χ4v) is 2.73. The van der Waals surface area contributed by atoms with E-state index in [2.05, 4.69) is 10.3 Å². The second kappa shape index (κ2) is 6.44. The van der Waals surface area contributed by atoms with Crippen molar-refractivity contribution in [1.82, 2.24) is 9.61 Å². The Hall–Kier alpha value is -2.90. The predicted molar refractivity (Wildman–Crippen MR) is 88.7 cm³/mol. The SMILES string of the molecule is CC(C)/C(=N\O)c1c(-c2ccc(F)cc2)nn2cc(C(F)(F)F)ccc12. The molecular weight excluding hydrogens is 350 g/mol. The van der Waals surface area contributed by atoms with Gasteiger partial charge in [-0.25, -0.2) is 8.91 Å². The summed E-state index contributed by atoms with van der Waals surface area (Å²) in [6.45, 7) is 3.58. The maximum atomic E-state index is 13.2. The molecule has 0 saturated heterocycles. The Morgan fingerprint density at radius 3 is 2.31 bits per heavy atom. The third-order valence-corrected chi connectivity index (χ3v) is 3.99. The van der Waals surface area contributed by atoms with Crippen LogP contribution in [0.15, 0.2) is 47.8 Å². The average molecular weight is 365 g/mol. The fourth-order valence-electron chi connectivity index (χ4n) is 2.73. The van der Waals surface area contributed by atoms with Crippen molar-refractivity contribution in [3.8, 4) is 11.3 Å². The zero-order chi connectivity index (χ0) is 19.1. The largest absolute Gasteiger partial charge is 0.417 e. The highest BCUT2D eigenvalue weighted by Gasteiger charge is 2.32. The van der Waals surface area contributed by atoms with Gasteiger partial charge >= 0.3 is 6.18 Å². The molecule has 3 rings (SSSR count). The van der Waals surface area contributed by atoms with Gasteiger partial charge in [-0.1, -0.05) is 19.0 Å². The van der Waals surface area contributed by atoms with E-state index in [1.807, 2.05) is 0 Å². The monoisotopic (exact) mass is 365 g/mol. The van der Waals surface area contributed by atoms with E-state index >= 15 is 0 Å². The quantitative estimate of drug-likeness (QED) is 0.308. The number of nitrogens with zero attached hydrogens (tertiary/aromatic N) is 3. The Kier molecular flexibility index (Phi) is 4.43. The van der Waals surface area contributed by atoms with Gasteiger partial charge in [0.1, 0.15) is 11.5 Å². The van der Waals surface area contributed by atoms with Crippen LogP contribution in [-0.4, -0.2) is 20.5 Å². The third-order valence-electron chi connectivity index (χ3n) is 3.99. The van der Waals surface area contributed by atoms with Crippen LogP contribution in [0, 0.1) is 11.7 Å². The summed E-state index contributed by atoms with van der Waals surface area (Å²) in [7, 11) is 0. The van der Waals surface area contributed by atoms with Gasteiger partial charge in [0.15, 0.2) is 0 Å². The Morgan fingerprint density at radius 1 is 1.12 bits per heavy atom. The molecule has 0 unspecified atom stereocenters. The maximum Gasteiger partial charge on any atom is 0.417 e. The lowest BCUT2D eigenvalue weighted by molar-refractivity contribution is -0.137. The zero-order valence-electron chi connectivity index (χ0n) is 13.9. The van der Waals surface area contributed by atoms with E-state index in [1.54, 1.807) is 13.8 Å². The molecule has 0 spiro atoms. The molecule has 0 atom stereocenters. The molecule has 0 fully saturated rings. The first-order valence-corrected chi connectivity index (χ1v) is 7.80. The van der Waals surface area contributed by atoms with Gasteiger partial charge in [0, 0.05) is 11.8 Å². The van der Waals surface area contributed by atoms with Crippen LogP contribution in [0.4, 0.5) is 17.6 Å². The van der Waals surface area contributed by atoms with Gasteiger partial charge in [0.25, 0.3) is 0 Å². The summed E-state index contributed by atoms with van der Waals surface area (Å²) in [5.74, 6) is -0.659. The van der Waals surface area contributed by atoms with Crippen molar-refractivity contribution in [2.45, 2.75) is 20.0 Å². The van der Waals surface area contributed by atoms with Crippen molar-refractivity contribution in [3.63, 3.8) is 0 Å². The molecule has 0 aliphatic carbocycles. The normalized spacial score (nSPS) is 13.0. The predicted octanol–water partition coefficient (Wildman–Crippen LogP) is 4.99. The van der Waals surface area contributed by atoms with Crippen LogP contribution in [0.3, 0.4) is 0 Å². The average Bonchev–Trinajstić information content (AvgIpc) is 2.94. The van der Waals surface area contributed by atoms with Crippen LogP contribution in [0.25, 0.3) is 16.8 Å². The Bertz CT molecular complexity index is 973. The molecule has 0 radical (unpaired) electrons. The summed E-state index contributed by atoms with van der Waals surface area (Å²) in [5.41, 5.74) is 1.00. The lowest BCUT2D eigenvalue weighted by atomic mass is 9.95. The highest BCUT2D eigenvalue weighted by Crippen LogP contribution is 2.33. The number of pyridine rings is 1. The molecule has 3 aromatic rings. The number of hydrogen-bond donors (Lipinski definition) is 1. The first-order chi connectivity index (χ1) is 12.2. The van der Waals surface area contributed by atoms with Gasteiger partial charge < -0.3 is 5.21 Å². The van der Waals surface area contributed by atoms with Crippen LogP contribution in [0.1, 0.15) is 25.0 Å². The summed E-state index contributed by atoms with van der Waals surface area (Å²) >= 11 is 0. The molecule has 2 heterocycles. The summed E-state index contributed by atoms with van der Waals surface area (Å²) < 4.78 is 53.3. The molecule has 1 aromatic carbocycles. The third kappa shape index (κ3) is 3.14. The fraction of sp³-hybridized carbons (Fsp3) is 0.222. The van der Waals surface area contributed by atoms with Crippen LogP contribution >= 0.6 is 0 Å². The van der Waals surface area contributed by atoms with Crippen molar-refractivity contribution >= 4 is 11.2 Å². The topological polar surface area (TPSA) is 49.9 Å². The Labute approximate surface area is 146 Å². The molecule has 136 valence electrons. The van der Waals surface area contributed by atoms with Gasteiger partial charge in [0.2, 0.25) is 0 Å². The number of aromatic nitrogens is 2. The van der Waals surface area contributed by atoms with Crippen molar-refractivity contribution < 1.29 is 22.8 Å². The Balaban J connectivity index is 2.32. The van der Waals surface area contributed by atoms with Crippen molar-refractivity contribution in [2.24, 2.45) is 11.1 Å². The second-order valence-electron chi connectivity index (χ2n) is 6.12.